The zero-order chi connectivity index (χ0) is 14.7. The summed E-state index contributed by atoms with van der Waals surface area (Å²) >= 11 is 0. The monoisotopic (exact) mass is 284 g/mol. The van der Waals surface area contributed by atoms with Crippen LogP contribution in [0.3, 0.4) is 0 Å². The van der Waals surface area contributed by atoms with E-state index in [1.807, 2.05) is 42.5 Å². The summed E-state index contributed by atoms with van der Waals surface area (Å²) in [5.74, 6) is 1.57. The molecule has 3 rings (SSSR count). The van der Waals surface area contributed by atoms with Gasteiger partial charge in [0.15, 0.2) is 11.5 Å². The van der Waals surface area contributed by atoms with Gasteiger partial charge >= 0.3 is 0 Å². The second-order valence-corrected chi connectivity index (χ2v) is 4.75. The molecule has 5 heteroatoms. The van der Waals surface area contributed by atoms with E-state index >= 15 is 0 Å². The van der Waals surface area contributed by atoms with Gasteiger partial charge in [0.1, 0.15) is 5.84 Å². The average Bonchev–Trinajstić information content (AvgIpc) is 2.95. The average molecular weight is 284 g/mol. The molecule has 0 unspecified atom stereocenters. The number of nitrogens with one attached hydrogen (secondary N) is 1. The Kier molecular flexibility index (Phi) is 3.75. The Balaban J connectivity index is 1.63. The Morgan fingerprint density at radius 1 is 1.10 bits per heavy atom. The van der Waals surface area contributed by atoms with Crippen molar-refractivity contribution in [2.75, 3.05) is 6.79 Å². The molecule has 5 nitrogen and oxygen atoms in total. The van der Waals surface area contributed by atoms with Crippen LogP contribution in [0.5, 0.6) is 11.5 Å². The van der Waals surface area contributed by atoms with Crippen LogP contribution >= 0.6 is 0 Å². The van der Waals surface area contributed by atoms with Gasteiger partial charge in [-0.25, -0.2) is 0 Å². The number of hydrogen-bond acceptors (Lipinski definition) is 4. The van der Waals surface area contributed by atoms with Gasteiger partial charge in [-0.15, -0.1) is 0 Å². The Bertz CT molecular complexity index is 670. The maximum absolute atomic E-state index is 7.55. The molecular weight excluding hydrogens is 268 g/mol. The van der Waals surface area contributed by atoms with E-state index in [0.29, 0.717) is 18.8 Å². The summed E-state index contributed by atoms with van der Waals surface area (Å²) in [6, 6.07) is 13.2. The molecule has 0 atom stereocenters. The summed E-state index contributed by atoms with van der Waals surface area (Å²) in [5.41, 5.74) is 8.19. The van der Waals surface area contributed by atoms with Gasteiger partial charge in [0.2, 0.25) is 6.79 Å². The zero-order valence-electron chi connectivity index (χ0n) is 11.5. The highest BCUT2D eigenvalue weighted by molar-refractivity contribution is 5.96. The highest BCUT2D eigenvalue weighted by Gasteiger charge is 2.13. The van der Waals surface area contributed by atoms with Gasteiger partial charge in [-0.05, 0) is 23.3 Å². The van der Waals surface area contributed by atoms with Crippen molar-refractivity contribution in [3.63, 3.8) is 0 Å². The van der Waals surface area contributed by atoms with Crippen LogP contribution in [0.4, 0.5) is 0 Å². The van der Waals surface area contributed by atoms with Crippen molar-refractivity contribution < 1.29 is 14.2 Å². The maximum atomic E-state index is 7.55. The topological polar surface area (TPSA) is 77.6 Å². The van der Waals surface area contributed by atoms with Gasteiger partial charge < -0.3 is 19.9 Å². The molecule has 0 saturated carbocycles. The number of hydrogen-bond donors (Lipinski definition) is 2. The molecule has 1 heterocycles. The number of rotatable bonds is 5. The van der Waals surface area contributed by atoms with E-state index in [4.69, 9.17) is 25.4 Å². The first-order chi connectivity index (χ1) is 10.2. The molecule has 2 aromatic carbocycles. The summed E-state index contributed by atoms with van der Waals surface area (Å²) in [7, 11) is 0. The van der Waals surface area contributed by atoms with Gasteiger partial charge in [0.25, 0.3) is 0 Å². The van der Waals surface area contributed by atoms with E-state index in [1.165, 1.54) is 0 Å². The van der Waals surface area contributed by atoms with Crippen LogP contribution < -0.4 is 15.2 Å². The third-order valence-electron chi connectivity index (χ3n) is 3.27. The third-order valence-corrected chi connectivity index (χ3v) is 3.27. The molecule has 0 aliphatic carbocycles. The summed E-state index contributed by atoms with van der Waals surface area (Å²) in [6.45, 7) is 1.14. The fourth-order valence-electron chi connectivity index (χ4n) is 2.22. The number of fused-ring (bicyclic) bond motifs is 1. The summed E-state index contributed by atoms with van der Waals surface area (Å²) in [6.07, 6.45) is 0. The number of ether oxygens (including phenoxy) is 3. The first-order valence-electron chi connectivity index (χ1n) is 6.62. The van der Waals surface area contributed by atoms with Crippen molar-refractivity contribution in [3.05, 3.63) is 59.2 Å². The van der Waals surface area contributed by atoms with Crippen molar-refractivity contribution in [2.24, 2.45) is 5.73 Å². The minimum Gasteiger partial charge on any atom is -0.454 e. The predicted molar refractivity (Wildman–Crippen MR) is 78.5 cm³/mol. The Morgan fingerprint density at radius 2 is 1.90 bits per heavy atom. The molecule has 108 valence electrons. The van der Waals surface area contributed by atoms with Gasteiger partial charge in [-0.3, -0.25) is 5.41 Å². The van der Waals surface area contributed by atoms with E-state index in [0.717, 1.165) is 22.6 Å². The van der Waals surface area contributed by atoms with Crippen molar-refractivity contribution in [3.8, 4) is 11.5 Å². The van der Waals surface area contributed by atoms with Gasteiger partial charge in [-0.2, -0.15) is 0 Å². The van der Waals surface area contributed by atoms with Crippen LogP contribution in [0.2, 0.25) is 0 Å². The Labute approximate surface area is 122 Å². The summed E-state index contributed by atoms with van der Waals surface area (Å²) < 4.78 is 16.3. The lowest BCUT2D eigenvalue weighted by molar-refractivity contribution is 0.107. The fourth-order valence-corrected chi connectivity index (χ4v) is 2.22. The van der Waals surface area contributed by atoms with E-state index < -0.39 is 0 Å². The second-order valence-electron chi connectivity index (χ2n) is 4.75. The fraction of sp³-hybridized carbons (Fsp3) is 0.188. The first kappa shape index (κ1) is 13.5. The lowest BCUT2D eigenvalue weighted by atomic mass is 10.1. The molecule has 21 heavy (non-hydrogen) atoms. The van der Waals surface area contributed by atoms with Crippen molar-refractivity contribution in [2.45, 2.75) is 13.2 Å². The van der Waals surface area contributed by atoms with Crippen LogP contribution in [0, 0.1) is 5.41 Å². The molecule has 0 fully saturated rings. The number of benzene rings is 2. The van der Waals surface area contributed by atoms with Crippen LogP contribution in [0.25, 0.3) is 0 Å². The third kappa shape index (κ3) is 2.98. The molecule has 0 saturated heterocycles. The van der Waals surface area contributed by atoms with Crippen molar-refractivity contribution >= 4 is 5.84 Å². The quantitative estimate of drug-likeness (QED) is 0.653. The van der Waals surface area contributed by atoms with Crippen LogP contribution in [0.15, 0.2) is 42.5 Å². The van der Waals surface area contributed by atoms with E-state index in [2.05, 4.69) is 0 Å². The molecule has 0 aromatic heterocycles. The number of amidine groups is 1. The molecular formula is C16H16N2O3. The highest BCUT2D eigenvalue weighted by atomic mass is 16.7. The number of nitrogen functional groups attached to an aromatic ring is 1. The standard InChI is InChI=1S/C16H16N2O3/c17-16(18)13-4-2-1-3-12(13)9-19-8-11-5-6-14-15(7-11)21-10-20-14/h1-7H,8-10H2,(H3,17,18). The summed E-state index contributed by atoms with van der Waals surface area (Å²) in [4.78, 5) is 0. The molecule has 0 spiro atoms. The lowest BCUT2D eigenvalue weighted by Gasteiger charge is -2.09. The van der Waals surface area contributed by atoms with Gasteiger partial charge in [0, 0.05) is 5.56 Å². The Hall–Kier alpha value is -2.53. The van der Waals surface area contributed by atoms with Gasteiger partial charge in [-0.1, -0.05) is 30.3 Å². The van der Waals surface area contributed by atoms with Crippen molar-refractivity contribution in [1.82, 2.24) is 0 Å². The zero-order valence-corrected chi connectivity index (χ0v) is 11.5. The SMILES string of the molecule is N=C(N)c1ccccc1COCc1ccc2c(c1)OCO2. The molecule has 0 bridgehead atoms. The first-order valence-corrected chi connectivity index (χ1v) is 6.62. The minimum atomic E-state index is 0.0530. The van der Waals surface area contributed by atoms with Crippen LogP contribution in [-0.4, -0.2) is 12.6 Å². The van der Waals surface area contributed by atoms with E-state index in [1.54, 1.807) is 0 Å². The molecule has 0 amide bonds. The van der Waals surface area contributed by atoms with Crippen LogP contribution in [0.1, 0.15) is 16.7 Å². The largest absolute Gasteiger partial charge is 0.454 e. The van der Waals surface area contributed by atoms with Gasteiger partial charge in [0.05, 0.1) is 13.2 Å². The molecule has 3 N–H and O–H groups in total. The smallest absolute Gasteiger partial charge is 0.231 e. The summed E-state index contributed by atoms with van der Waals surface area (Å²) in [5, 5.41) is 7.55. The highest BCUT2D eigenvalue weighted by Crippen LogP contribution is 2.32. The van der Waals surface area contributed by atoms with E-state index in [-0.39, 0.29) is 12.6 Å². The molecule has 0 radical (unpaired) electrons. The lowest BCUT2D eigenvalue weighted by Crippen LogP contribution is -2.14. The van der Waals surface area contributed by atoms with E-state index in [9.17, 15) is 0 Å². The molecule has 1 aliphatic heterocycles. The Morgan fingerprint density at radius 3 is 2.76 bits per heavy atom. The normalized spacial score (nSPS) is 12.4. The van der Waals surface area contributed by atoms with Crippen LogP contribution in [-0.2, 0) is 18.0 Å². The minimum absolute atomic E-state index is 0.0530. The maximum Gasteiger partial charge on any atom is 0.231 e. The second kappa shape index (κ2) is 5.85. The molecule has 1 aliphatic rings. The predicted octanol–water partition coefficient (Wildman–Crippen LogP) is 2.42. The number of nitrogens with two attached hydrogens (primary N) is 1. The van der Waals surface area contributed by atoms with Crippen molar-refractivity contribution in [1.29, 1.82) is 5.41 Å². The molecule has 2 aromatic rings.